The molecule has 3 rings (SSSR count). The van der Waals surface area contributed by atoms with E-state index in [2.05, 4.69) is 16.6 Å². The lowest BCUT2D eigenvalue weighted by Crippen LogP contribution is -2.27. The second-order valence-electron chi connectivity index (χ2n) is 7.33. The van der Waals surface area contributed by atoms with Gasteiger partial charge >= 0.3 is 0 Å². The van der Waals surface area contributed by atoms with Crippen LogP contribution in [0.4, 0.5) is 5.69 Å². The van der Waals surface area contributed by atoms with Crippen molar-refractivity contribution in [3.8, 4) is 0 Å². The van der Waals surface area contributed by atoms with E-state index in [0.29, 0.717) is 24.3 Å². The molecule has 1 aliphatic rings. The van der Waals surface area contributed by atoms with Gasteiger partial charge in [-0.3, -0.25) is 4.79 Å². The fraction of sp³-hybridized carbons (Fsp3) is 0.350. The first-order chi connectivity index (χ1) is 14.6. The average Bonchev–Trinajstić information content (AvgIpc) is 3.38. The molecule has 0 bridgehead atoms. The largest absolute Gasteiger partial charge is 0.345 e. The zero-order chi connectivity index (χ0) is 22.6. The van der Waals surface area contributed by atoms with Crippen LogP contribution >= 0.6 is 0 Å². The lowest BCUT2D eigenvalue weighted by molar-refractivity contribution is 0.101. The third-order valence-electron chi connectivity index (χ3n) is 4.93. The number of carbonyl (C=O) groups is 1. The highest BCUT2D eigenvalue weighted by Crippen LogP contribution is 2.23. The van der Waals surface area contributed by atoms with Gasteiger partial charge in [0.15, 0.2) is 0 Å². The minimum atomic E-state index is -3.61. The quantitative estimate of drug-likeness (QED) is 0.545. The van der Waals surface area contributed by atoms with E-state index in [1.807, 2.05) is 0 Å². The zero-order valence-electron chi connectivity index (χ0n) is 17.2. The highest BCUT2D eigenvalue weighted by atomic mass is 32.2. The van der Waals surface area contributed by atoms with E-state index in [1.165, 1.54) is 27.2 Å². The second kappa shape index (κ2) is 9.35. The number of nitrogens with one attached hydrogen (secondary N) is 2. The summed E-state index contributed by atoms with van der Waals surface area (Å²) in [5.41, 5.74) is 1.24. The first-order valence-corrected chi connectivity index (χ1v) is 12.9. The lowest BCUT2D eigenvalue weighted by atomic mass is 10.2. The zero-order valence-corrected chi connectivity index (χ0v) is 18.9. The molecule has 0 atom stereocenters. The molecule has 2 aromatic rings. The van der Waals surface area contributed by atoms with Crippen LogP contribution in [-0.2, 0) is 32.8 Å². The van der Waals surface area contributed by atoms with Gasteiger partial charge in [0.2, 0.25) is 20.0 Å². The van der Waals surface area contributed by atoms with Gasteiger partial charge < -0.3 is 9.88 Å². The number of rotatable bonds is 9. The molecule has 0 unspecified atom stereocenters. The van der Waals surface area contributed by atoms with Crippen LogP contribution in [0, 0.1) is 0 Å². The van der Waals surface area contributed by atoms with Crippen LogP contribution in [0.1, 0.15) is 28.9 Å². The van der Waals surface area contributed by atoms with Crippen LogP contribution in [0.2, 0.25) is 0 Å². The first-order valence-electron chi connectivity index (χ1n) is 9.77. The topological polar surface area (TPSA) is 118 Å². The van der Waals surface area contributed by atoms with E-state index in [9.17, 15) is 21.6 Å². The van der Waals surface area contributed by atoms with Crippen LogP contribution in [0.15, 0.2) is 54.1 Å². The molecule has 1 aromatic carbocycles. The van der Waals surface area contributed by atoms with E-state index in [4.69, 9.17) is 0 Å². The SMILES string of the molecule is C=CCNS(=O)(=O)Cc1ccc(NC(=O)c2cc(S(=O)(=O)N3CCCC3)cn2C)cc1. The van der Waals surface area contributed by atoms with Crippen molar-refractivity contribution in [2.75, 3.05) is 25.0 Å². The molecule has 1 fully saturated rings. The van der Waals surface area contributed by atoms with Crippen molar-refractivity contribution in [3.63, 3.8) is 0 Å². The van der Waals surface area contributed by atoms with Crippen molar-refractivity contribution in [1.29, 1.82) is 0 Å². The maximum absolute atomic E-state index is 12.7. The van der Waals surface area contributed by atoms with Crippen molar-refractivity contribution in [2.24, 2.45) is 7.05 Å². The maximum Gasteiger partial charge on any atom is 0.272 e. The van der Waals surface area contributed by atoms with E-state index in [0.717, 1.165) is 12.8 Å². The van der Waals surface area contributed by atoms with Crippen molar-refractivity contribution in [1.82, 2.24) is 13.6 Å². The van der Waals surface area contributed by atoms with Crippen molar-refractivity contribution in [3.05, 3.63) is 60.4 Å². The van der Waals surface area contributed by atoms with Crippen LogP contribution in [0.5, 0.6) is 0 Å². The van der Waals surface area contributed by atoms with Crippen LogP contribution in [0.3, 0.4) is 0 Å². The number of anilines is 1. The summed E-state index contributed by atoms with van der Waals surface area (Å²) in [6, 6.07) is 7.78. The molecule has 11 heteroatoms. The number of aryl methyl sites for hydroxylation is 1. The van der Waals surface area contributed by atoms with Gasteiger partial charge in [-0.15, -0.1) is 6.58 Å². The summed E-state index contributed by atoms with van der Waals surface area (Å²) in [4.78, 5) is 12.8. The van der Waals surface area contributed by atoms with Crippen molar-refractivity contribution in [2.45, 2.75) is 23.5 Å². The monoisotopic (exact) mass is 466 g/mol. The molecular formula is C20H26N4O5S2. The van der Waals surface area contributed by atoms with Crippen LogP contribution in [0.25, 0.3) is 0 Å². The van der Waals surface area contributed by atoms with E-state index in [-0.39, 0.29) is 22.9 Å². The molecule has 0 aliphatic carbocycles. The van der Waals surface area contributed by atoms with Gasteiger partial charge in [-0.2, -0.15) is 4.31 Å². The third-order valence-corrected chi connectivity index (χ3v) is 8.12. The van der Waals surface area contributed by atoms with Gasteiger partial charge in [0, 0.05) is 38.6 Å². The molecular weight excluding hydrogens is 440 g/mol. The fourth-order valence-corrected chi connectivity index (χ4v) is 6.01. The Labute approximate surface area is 182 Å². The number of hydrogen-bond acceptors (Lipinski definition) is 5. The predicted octanol–water partition coefficient (Wildman–Crippen LogP) is 1.67. The first kappa shape index (κ1) is 23.2. The third kappa shape index (κ3) is 5.62. The summed E-state index contributed by atoms with van der Waals surface area (Å²) in [5.74, 6) is -0.650. The lowest BCUT2D eigenvalue weighted by Gasteiger charge is -2.13. The van der Waals surface area contributed by atoms with Gasteiger partial charge in [0.1, 0.15) is 10.6 Å². The number of sulfonamides is 2. The number of nitrogens with zero attached hydrogens (tertiary/aromatic N) is 2. The summed E-state index contributed by atoms with van der Waals surface area (Å²) in [6.07, 6.45) is 4.57. The molecule has 0 saturated carbocycles. The van der Waals surface area contributed by atoms with E-state index < -0.39 is 26.0 Å². The highest BCUT2D eigenvalue weighted by Gasteiger charge is 2.29. The number of benzene rings is 1. The summed E-state index contributed by atoms with van der Waals surface area (Å²) < 4.78 is 54.6. The van der Waals surface area contributed by atoms with E-state index in [1.54, 1.807) is 31.3 Å². The highest BCUT2D eigenvalue weighted by molar-refractivity contribution is 7.89. The Bertz CT molecular complexity index is 1160. The molecule has 1 amide bonds. The summed E-state index contributed by atoms with van der Waals surface area (Å²) in [7, 11) is -5.47. The number of amides is 1. The second-order valence-corrected chi connectivity index (χ2v) is 11.1. The van der Waals surface area contributed by atoms with Gasteiger partial charge in [-0.05, 0) is 36.6 Å². The molecule has 1 aromatic heterocycles. The Hall–Kier alpha value is -2.47. The smallest absolute Gasteiger partial charge is 0.272 e. The Morgan fingerprint density at radius 3 is 2.39 bits per heavy atom. The minimum absolute atomic E-state index is 0.0922. The van der Waals surface area contributed by atoms with Gasteiger partial charge in [0.25, 0.3) is 5.91 Å². The molecule has 2 heterocycles. The Balaban J connectivity index is 1.69. The standard InChI is InChI=1S/C20H26N4O5S2/c1-3-10-21-30(26,27)15-16-6-8-17(9-7-16)22-20(25)19-13-18(14-23(19)2)31(28,29)24-11-4-5-12-24/h3,6-9,13-14,21H,1,4-5,10-12,15H2,2H3,(H,22,25). The number of carbonyl (C=O) groups excluding carboxylic acids is 1. The number of hydrogen-bond donors (Lipinski definition) is 2. The maximum atomic E-state index is 12.7. The van der Waals surface area contributed by atoms with Crippen LogP contribution < -0.4 is 10.0 Å². The van der Waals surface area contributed by atoms with Crippen molar-refractivity contribution < 1.29 is 21.6 Å². The molecule has 1 aliphatic heterocycles. The predicted molar refractivity (Wildman–Crippen MR) is 119 cm³/mol. The van der Waals surface area contributed by atoms with E-state index >= 15 is 0 Å². The minimum Gasteiger partial charge on any atom is -0.345 e. The fourth-order valence-electron chi connectivity index (χ4n) is 3.31. The molecule has 9 nitrogen and oxygen atoms in total. The Kier molecular flexibility index (Phi) is 6.99. The summed E-state index contributed by atoms with van der Waals surface area (Å²) >= 11 is 0. The Morgan fingerprint density at radius 2 is 1.77 bits per heavy atom. The molecule has 0 radical (unpaired) electrons. The van der Waals surface area contributed by atoms with Gasteiger partial charge in [-0.25, -0.2) is 21.6 Å². The molecule has 168 valence electrons. The molecule has 2 N–H and O–H groups in total. The summed E-state index contributed by atoms with van der Waals surface area (Å²) in [6.45, 7) is 4.61. The van der Waals surface area contributed by atoms with Crippen LogP contribution in [-0.4, -0.2) is 51.2 Å². The normalized spacial score (nSPS) is 15.1. The summed E-state index contributed by atoms with van der Waals surface area (Å²) in [5, 5.41) is 2.71. The molecule has 1 saturated heterocycles. The molecule has 0 spiro atoms. The molecule has 31 heavy (non-hydrogen) atoms. The Morgan fingerprint density at radius 1 is 1.13 bits per heavy atom. The van der Waals surface area contributed by atoms with Gasteiger partial charge in [-0.1, -0.05) is 18.2 Å². The van der Waals surface area contributed by atoms with Crippen molar-refractivity contribution >= 4 is 31.6 Å². The number of aromatic nitrogens is 1. The van der Waals surface area contributed by atoms with Gasteiger partial charge in [0.05, 0.1) is 5.75 Å². The average molecular weight is 467 g/mol.